The number of hydrogen-bond donors (Lipinski definition) is 0. The van der Waals surface area contributed by atoms with E-state index in [0.29, 0.717) is 0 Å². The summed E-state index contributed by atoms with van der Waals surface area (Å²) in [6, 6.07) is 0. The van der Waals surface area contributed by atoms with Crippen molar-refractivity contribution in [3.05, 3.63) is 25.3 Å². The number of rotatable bonds is 0. The van der Waals surface area contributed by atoms with Crippen LogP contribution in [-0.2, 0) is 0 Å². The standard InChI is InChI=1S/C2F4.C2H4.ClH/c3-1(4)2(5)6;1-2;/h;1-2H2;1H. The second-order valence-electron chi connectivity index (χ2n) is 0.521. The Kier molecular flexibility index (Phi) is 18.4. The Balaban J connectivity index is -0.000000109. The van der Waals surface area contributed by atoms with Crippen LogP contribution in [-0.4, -0.2) is 0 Å². The van der Waals surface area contributed by atoms with Crippen LogP contribution in [0.3, 0.4) is 0 Å². The van der Waals surface area contributed by atoms with Gasteiger partial charge in [0.15, 0.2) is 0 Å². The van der Waals surface area contributed by atoms with Gasteiger partial charge >= 0.3 is 12.2 Å². The molecule has 9 heavy (non-hydrogen) atoms. The van der Waals surface area contributed by atoms with Crippen molar-refractivity contribution in [1.29, 1.82) is 0 Å². The SMILES string of the molecule is C=C.Cl.FC(F)=C(F)F. The third-order valence-corrected chi connectivity index (χ3v) is 0.143. The lowest BCUT2D eigenvalue weighted by molar-refractivity contribution is 0.308. The zero-order chi connectivity index (χ0) is 7.15. The Bertz CT molecular complexity index is 72.6. The van der Waals surface area contributed by atoms with Crippen molar-refractivity contribution in [2.24, 2.45) is 0 Å². The molecule has 0 aliphatic rings. The van der Waals surface area contributed by atoms with Crippen LogP contribution in [0.15, 0.2) is 25.3 Å². The van der Waals surface area contributed by atoms with E-state index in [2.05, 4.69) is 13.2 Å². The highest BCUT2D eigenvalue weighted by molar-refractivity contribution is 5.85. The van der Waals surface area contributed by atoms with E-state index >= 15 is 0 Å². The molecule has 0 saturated carbocycles. The fourth-order valence-electron chi connectivity index (χ4n) is 0. The minimum atomic E-state index is -2.91. The van der Waals surface area contributed by atoms with E-state index in [4.69, 9.17) is 0 Å². The molecule has 0 N–H and O–H groups in total. The zero-order valence-corrected chi connectivity index (χ0v) is 5.15. The molecule has 0 aliphatic carbocycles. The van der Waals surface area contributed by atoms with Gasteiger partial charge in [0.2, 0.25) is 0 Å². The molecular weight excluding hydrogens is 159 g/mol. The van der Waals surface area contributed by atoms with Gasteiger partial charge in [-0.3, -0.25) is 0 Å². The summed E-state index contributed by atoms with van der Waals surface area (Å²) in [6.45, 7) is 6.00. The molecule has 0 spiro atoms. The molecule has 0 bridgehead atoms. The lowest BCUT2D eigenvalue weighted by atomic mass is 11.1. The summed E-state index contributed by atoms with van der Waals surface area (Å²) < 4.78 is 41.1. The Hall–Kier alpha value is -0.510. The fourth-order valence-corrected chi connectivity index (χ4v) is 0. The zero-order valence-electron chi connectivity index (χ0n) is 4.33. The third-order valence-electron chi connectivity index (χ3n) is 0.143. The first-order chi connectivity index (χ1) is 3.64. The molecule has 0 nitrogen and oxygen atoms in total. The third kappa shape index (κ3) is 18.5. The molecule has 56 valence electrons. The van der Waals surface area contributed by atoms with Crippen molar-refractivity contribution in [2.45, 2.75) is 0 Å². The average Bonchev–Trinajstić information content (AvgIpc) is 1.72. The van der Waals surface area contributed by atoms with Gasteiger partial charge in [-0.1, -0.05) is 0 Å². The Morgan fingerprint density at radius 2 is 0.889 bits per heavy atom. The summed E-state index contributed by atoms with van der Waals surface area (Å²) >= 11 is 0. The van der Waals surface area contributed by atoms with Crippen LogP contribution in [0.4, 0.5) is 17.6 Å². The summed E-state index contributed by atoms with van der Waals surface area (Å²) in [4.78, 5) is 0. The maximum Gasteiger partial charge on any atom is 0.334 e. The van der Waals surface area contributed by atoms with Crippen LogP contribution in [0.2, 0.25) is 0 Å². The van der Waals surface area contributed by atoms with Crippen LogP contribution in [0.1, 0.15) is 0 Å². The minimum absolute atomic E-state index is 0. The summed E-state index contributed by atoms with van der Waals surface area (Å²) in [5.74, 6) is 0. The highest BCUT2D eigenvalue weighted by atomic mass is 35.5. The molecule has 0 heterocycles. The quantitative estimate of drug-likeness (QED) is 0.381. The second-order valence-corrected chi connectivity index (χ2v) is 0.521. The maximum absolute atomic E-state index is 10.3. The summed E-state index contributed by atoms with van der Waals surface area (Å²) in [6.07, 6.45) is -5.81. The molecule has 0 saturated heterocycles. The molecule has 5 heteroatoms. The largest absolute Gasteiger partial charge is 0.334 e. The van der Waals surface area contributed by atoms with E-state index in [1.54, 1.807) is 0 Å². The van der Waals surface area contributed by atoms with Crippen LogP contribution < -0.4 is 0 Å². The van der Waals surface area contributed by atoms with Crippen LogP contribution in [0, 0.1) is 0 Å². The number of halogens is 5. The van der Waals surface area contributed by atoms with Crippen LogP contribution in [0.5, 0.6) is 0 Å². The molecule has 0 aromatic carbocycles. The van der Waals surface area contributed by atoms with E-state index in [9.17, 15) is 17.6 Å². The van der Waals surface area contributed by atoms with Gasteiger partial charge in [0.05, 0.1) is 0 Å². The van der Waals surface area contributed by atoms with E-state index in [1.807, 2.05) is 0 Å². The van der Waals surface area contributed by atoms with Gasteiger partial charge in [0.1, 0.15) is 0 Å². The van der Waals surface area contributed by atoms with Crippen molar-refractivity contribution >= 4 is 12.4 Å². The second kappa shape index (κ2) is 10.5. The molecule has 0 aliphatic heterocycles. The van der Waals surface area contributed by atoms with Crippen LogP contribution in [0.25, 0.3) is 0 Å². The first kappa shape index (κ1) is 15.8. The molecule has 0 fully saturated rings. The highest BCUT2D eigenvalue weighted by Gasteiger charge is 1.98. The maximum atomic E-state index is 10.3. The van der Waals surface area contributed by atoms with Gasteiger partial charge in [-0.2, -0.15) is 17.6 Å². The van der Waals surface area contributed by atoms with E-state index in [-0.39, 0.29) is 12.4 Å². The number of hydrogen-bond acceptors (Lipinski definition) is 0. The molecule has 0 atom stereocenters. The van der Waals surface area contributed by atoms with Gasteiger partial charge in [0, 0.05) is 0 Å². The van der Waals surface area contributed by atoms with E-state index < -0.39 is 12.2 Å². The topological polar surface area (TPSA) is 0 Å². The normalized spacial score (nSPS) is 5.78. The molecule has 0 unspecified atom stereocenters. The van der Waals surface area contributed by atoms with Crippen molar-refractivity contribution in [1.82, 2.24) is 0 Å². The first-order valence-corrected chi connectivity index (χ1v) is 1.51. The van der Waals surface area contributed by atoms with Crippen LogP contribution >= 0.6 is 12.4 Å². The Morgan fingerprint density at radius 1 is 0.778 bits per heavy atom. The van der Waals surface area contributed by atoms with Crippen molar-refractivity contribution in [3.63, 3.8) is 0 Å². The van der Waals surface area contributed by atoms with E-state index in [0.717, 1.165) is 0 Å². The van der Waals surface area contributed by atoms with Crippen molar-refractivity contribution in [2.75, 3.05) is 0 Å². The van der Waals surface area contributed by atoms with Gasteiger partial charge < -0.3 is 0 Å². The monoisotopic (exact) mass is 164 g/mol. The predicted octanol–water partition coefficient (Wildman–Crippen LogP) is 3.22. The summed E-state index contributed by atoms with van der Waals surface area (Å²) in [7, 11) is 0. The van der Waals surface area contributed by atoms with Gasteiger partial charge in [-0.15, -0.1) is 25.6 Å². The lowest BCUT2D eigenvalue weighted by Crippen LogP contribution is -1.56. The average molecular weight is 165 g/mol. The van der Waals surface area contributed by atoms with E-state index in [1.165, 1.54) is 0 Å². The molecule has 0 amide bonds. The molecular formula is C4H5ClF4. The fraction of sp³-hybridized carbons (Fsp3) is 0. The predicted molar refractivity (Wildman–Crippen MR) is 30.0 cm³/mol. The molecule has 0 rings (SSSR count). The summed E-state index contributed by atoms with van der Waals surface area (Å²) in [5, 5.41) is 0. The van der Waals surface area contributed by atoms with Crippen molar-refractivity contribution < 1.29 is 17.6 Å². The molecule has 0 radical (unpaired) electrons. The Morgan fingerprint density at radius 3 is 0.889 bits per heavy atom. The molecule has 0 aromatic heterocycles. The van der Waals surface area contributed by atoms with Gasteiger partial charge in [-0.25, -0.2) is 0 Å². The summed E-state index contributed by atoms with van der Waals surface area (Å²) in [5.41, 5.74) is 0. The molecule has 0 aromatic rings. The smallest absolute Gasteiger partial charge is 0.167 e. The lowest BCUT2D eigenvalue weighted by Gasteiger charge is -1.69. The minimum Gasteiger partial charge on any atom is -0.167 e. The Labute approximate surface area is 56.3 Å². The van der Waals surface area contributed by atoms with Gasteiger partial charge in [0.25, 0.3) is 0 Å². The van der Waals surface area contributed by atoms with Crippen molar-refractivity contribution in [3.8, 4) is 0 Å². The highest BCUT2D eigenvalue weighted by Crippen LogP contribution is 2.08. The van der Waals surface area contributed by atoms with Gasteiger partial charge in [-0.05, 0) is 0 Å². The first-order valence-electron chi connectivity index (χ1n) is 1.51.